The molecule has 6 nitrogen and oxygen atoms in total. The van der Waals surface area contributed by atoms with E-state index in [4.69, 9.17) is 4.74 Å². The van der Waals surface area contributed by atoms with Crippen LogP contribution in [0.25, 0.3) is 0 Å². The molecule has 1 aliphatic heterocycles. The molecule has 24 heavy (non-hydrogen) atoms. The Labute approximate surface area is 145 Å². The van der Waals surface area contributed by atoms with Gasteiger partial charge in [0.2, 0.25) is 0 Å². The van der Waals surface area contributed by atoms with Crippen molar-refractivity contribution in [1.82, 2.24) is 20.1 Å². The van der Waals surface area contributed by atoms with Crippen LogP contribution in [0.15, 0.2) is 5.38 Å². The minimum atomic E-state index is -0.242. The summed E-state index contributed by atoms with van der Waals surface area (Å²) in [4.78, 5) is 20.7. The number of thiophene rings is 1. The van der Waals surface area contributed by atoms with Crippen LogP contribution >= 0.6 is 11.3 Å². The second-order valence-corrected chi connectivity index (χ2v) is 7.33. The molecule has 128 valence electrons. The second kappa shape index (κ2) is 6.64. The zero-order chi connectivity index (χ0) is 16.5. The number of ether oxygens (including phenoxy) is 1. The summed E-state index contributed by atoms with van der Waals surface area (Å²) in [5.41, 5.74) is 2.19. The van der Waals surface area contributed by atoms with Crippen LogP contribution in [0.2, 0.25) is 0 Å². The van der Waals surface area contributed by atoms with E-state index in [2.05, 4.69) is 15.2 Å². The molecular weight excluding hydrogens is 324 g/mol. The van der Waals surface area contributed by atoms with E-state index in [0.717, 1.165) is 30.7 Å². The highest BCUT2D eigenvalue weighted by atomic mass is 32.1. The predicted molar refractivity (Wildman–Crippen MR) is 91.3 cm³/mol. The van der Waals surface area contributed by atoms with Crippen molar-refractivity contribution in [3.05, 3.63) is 33.0 Å². The number of aryl methyl sites for hydroxylation is 2. The molecule has 2 aromatic heterocycles. The van der Waals surface area contributed by atoms with Crippen molar-refractivity contribution in [2.75, 3.05) is 19.7 Å². The monoisotopic (exact) mass is 346 g/mol. The van der Waals surface area contributed by atoms with Crippen molar-refractivity contribution in [2.24, 2.45) is 0 Å². The highest BCUT2D eigenvalue weighted by Gasteiger charge is 2.30. The number of hydrogen-bond donors (Lipinski definition) is 1. The first-order chi connectivity index (χ1) is 11.8. The summed E-state index contributed by atoms with van der Waals surface area (Å²) in [7, 11) is 0. The SMILES string of the molecule is CCc1nc(C2CN(C(=O)c3csc4c3CCCC4)CCO2)n[nH]1. The minimum absolute atomic E-state index is 0.133. The van der Waals surface area contributed by atoms with Crippen LogP contribution in [0.3, 0.4) is 0 Å². The molecule has 3 heterocycles. The van der Waals surface area contributed by atoms with Crippen molar-refractivity contribution in [2.45, 2.75) is 45.1 Å². The summed E-state index contributed by atoms with van der Waals surface area (Å²) in [5.74, 6) is 1.63. The third-order valence-electron chi connectivity index (χ3n) is 4.82. The Morgan fingerprint density at radius 2 is 2.33 bits per heavy atom. The summed E-state index contributed by atoms with van der Waals surface area (Å²) < 4.78 is 5.80. The third-order valence-corrected chi connectivity index (χ3v) is 5.91. The number of hydrogen-bond acceptors (Lipinski definition) is 5. The average molecular weight is 346 g/mol. The Hall–Kier alpha value is -1.73. The highest BCUT2D eigenvalue weighted by Crippen LogP contribution is 2.31. The molecule has 0 bridgehead atoms. The molecule has 1 N–H and O–H groups in total. The lowest BCUT2D eigenvalue weighted by Gasteiger charge is -2.32. The first kappa shape index (κ1) is 15.8. The van der Waals surface area contributed by atoms with E-state index in [-0.39, 0.29) is 12.0 Å². The van der Waals surface area contributed by atoms with Gasteiger partial charge in [-0.15, -0.1) is 11.3 Å². The number of aromatic amines is 1. The van der Waals surface area contributed by atoms with E-state index < -0.39 is 0 Å². The number of morpholine rings is 1. The summed E-state index contributed by atoms with van der Waals surface area (Å²) in [6.07, 6.45) is 5.15. The normalized spacial score (nSPS) is 20.9. The molecule has 7 heteroatoms. The van der Waals surface area contributed by atoms with Gasteiger partial charge in [0.25, 0.3) is 5.91 Å². The number of carbonyl (C=O) groups is 1. The van der Waals surface area contributed by atoms with Gasteiger partial charge in [-0.1, -0.05) is 6.92 Å². The Balaban J connectivity index is 1.51. The van der Waals surface area contributed by atoms with Gasteiger partial charge in [-0.3, -0.25) is 9.89 Å². The maximum absolute atomic E-state index is 13.0. The molecule has 1 unspecified atom stereocenters. The maximum atomic E-state index is 13.0. The van der Waals surface area contributed by atoms with Gasteiger partial charge in [0.05, 0.1) is 18.7 Å². The molecule has 1 amide bonds. The van der Waals surface area contributed by atoms with E-state index in [1.54, 1.807) is 11.3 Å². The number of carbonyl (C=O) groups excluding carboxylic acids is 1. The smallest absolute Gasteiger partial charge is 0.255 e. The largest absolute Gasteiger partial charge is 0.366 e. The first-order valence-corrected chi connectivity index (χ1v) is 9.55. The quantitative estimate of drug-likeness (QED) is 0.927. The summed E-state index contributed by atoms with van der Waals surface area (Å²) >= 11 is 1.74. The molecule has 1 fully saturated rings. The zero-order valence-corrected chi connectivity index (χ0v) is 14.7. The fourth-order valence-corrected chi connectivity index (χ4v) is 4.57. The molecule has 2 aliphatic rings. The van der Waals surface area contributed by atoms with Gasteiger partial charge in [-0.25, -0.2) is 4.98 Å². The van der Waals surface area contributed by atoms with Crippen molar-refractivity contribution in [1.29, 1.82) is 0 Å². The molecule has 1 saturated heterocycles. The van der Waals surface area contributed by atoms with Gasteiger partial charge in [-0.2, -0.15) is 5.10 Å². The summed E-state index contributed by atoms with van der Waals surface area (Å²) in [5, 5.41) is 9.21. The molecule has 0 saturated carbocycles. The topological polar surface area (TPSA) is 71.1 Å². The van der Waals surface area contributed by atoms with E-state index in [1.807, 2.05) is 17.2 Å². The number of amides is 1. The van der Waals surface area contributed by atoms with Gasteiger partial charge in [0.15, 0.2) is 5.82 Å². The number of fused-ring (bicyclic) bond motifs is 1. The molecule has 0 spiro atoms. The molecule has 2 aromatic rings. The maximum Gasteiger partial charge on any atom is 0.255 e. The Kier molecular flexibility index (Phi) is 4.37. The average Bonchev–Trinajstić information content (AvgIpc) is 3.28. The summed E-state index contributed by atoms with van der Waals surface area (Å²) in [6, 6.07) is 0. The predicted octanol–water partition coefficient (Wildman–Crippen LogP) is 2.52. The van der Waals surface area contributed by atoms with Crippen LogP contribution in [0.5, 0.6) is 0 Å². The zero-order valence-electron chi connectivity index (χ0n) is 13.9. The molecule has 1 aliphatic carbocycles. The van der Waals surface area contributed by atoms with Crippen molar-refractivity contribution < 1.29 is 9.53 Å². The Bertz CT molecular complexity index is 739. The van der Waals surface area contributed by atoms with E-state index in [9.17, 15) is 4.79 Å². The number of nitrogens with zero attached hydrogens (tertiary/aromatic N) is 3. The number of rotatable bonds is 3. The van der Waals surface area contributed by atoms with Crippen LogP contribution in [0.1, 0.15) is 58.3 Å². The fourth-order valence-electron chi connectivity index (χ4n) is 3.45. The van der Waals surface area contributed by atoms with Crippen LogP contribution < -0.4 is 0 Å². The number of aromatic nitrogens is 3. The van der Waals surface area contributed by atoms with Gasteiger partial charge in [-0.05, 0) is 31.2 Å². The van der Waals surface area contributed by atoms with Crippen LogP contribution in [0.4, 0.5) is 0 Å². The number of H-pyrrole nitrogens is 1. The van der Waals surface area contributed by atoms with Gasteiger partial charge in [0.1, 0.15) is 11.9 Å². The number of nitrogens with one attached hydrogen (secondary N) is 1. The van der Waals surface area contributed by atoms with Gasteiger partial charge < -0.3 is 9.64 Å². The van der Waals surface area contributed by atoms with E-state index >= 15 is 0 Å². The van der Waals surface area contributed by atoms with E-state index in [1.165, 1.54) is 23.3 Å². The van der Waals surface area contributed by atoms with Gasteiger partial charge >= 0.3 is 0 Å². The second-order valence-electron chi connectivity index (χ2n) is 6.36. The Morgan fingerprint density at radius 1 is 1.46 bits per heavy atom. The lowest BCUT2D eigenvalue weighted by atomic mass is 9.95. The van der Waals surface area contributed by atoms with Crippen molar-refractivity contribution in [3.8, 4) is 0 Å². The lowest BCUT2D eigenvalue weighted by molar-refractivity contribution is -0.0267. The van der Waals surface area contributed by atoms with Crippen LogP contribution in [-0.2, 0) is 24.0 Å². The first-order valence-electron chi connectivity index (χ1n) is 8.67. The highest BCUT2D eigenvalue weighted by molar-refractivity contribution is 7.10. The van der Waals surface area contributed by atoms with Crippen LogP contribution in [-0.4, -0.2) is 45.7 Å². The minimum Gasteiger partial charge on any atom is -0.366 e. The molecule has 0 aromatic carbocycles. The van der Waals surface area contributed by atoms with Crippen molar-refractivity contribution >= 4 is 17.2 Å². The Morgan fingerprint density at radius 3 is 3.17 bits per heavy atom. The standard InChI is InChI=1S/C17H22N4O2S/c1-2-15-18-16(20-19-15)13-9-21(7-8-23-13)17(22)12-10-24-14-6-4-3-5-11(12)14/h10,13H,2-9H2,1H3,(H,18,19,20). The molecule has 4 rings (SSSR count). The third kappa shape index (κ3) is 2.86. The van der Waals surface area contributed by atoms with Gasteiger partial charge in [0, 0.05) is 23.2 Å². The van der Waals surface area contributed by atoms with Crippen molar-refractivity contribution in [3.63, 3.8) is 0 Å². The van der Waals surface area contributed by atoms with E-state index in [0.29, 0.717) is 25.5 Å². The van der Waals surface area contributed by atoms with Crippen LogP contribution in [0, 0.1) is 0 Å². The molecular formula is C17H22N4O2S. The lowest BCUT2D eigenvalue weighted by Crippen LogP contribution is -2.42. The molecule has 1 atom stereocenters. The molecule has 0 radical (unpaired) electrons. The fraction of sp³-hybridized carbons (Fsp3) is 0.588. The summed E-state index contributed by atoms with van der Waals surface area (Å²) in [6.45, 7) is 3.70.